The van der Waals surface area contributed by atoms with Gasteiger partial charge in [0, 0.05) is 36.8 Å². The molecule has 6 nitrogen and oxygen atoms in total. The van der Waals surface area contributed by atoms with E-state index in [4.69, 9.17) is 4.74 Å². The molecule has 2 heterocycles. The van der Waals surface area contributed by atoms with Gasteiger partial charge in [0.1, 0.15) is 5.75 Å². The van der Waals surface area contributed by atoms with Crippen molar-refractivity contribution >= 4 is 18.3 Å². The lowest BCUT2D eigenvalue weighted by molar-refractivity contribution is 0.0932. The molecular weight excluding hydrogens is 364 g/mol. The van der Waals surface area contributed by atoms with E-state index in [0.29, 0.717) is 12.2 Å². The number of H-pyrrole nitrogens is 1. The lowest BCUT2D eigenvalue weighted by Gasteiger charge is -2.16. The molecule has 0 fully saturated rings. The fourth-order valence-electron chi connectivity index (χ4n) is 3.17. The van der Waals surface area contributed by atoms with Crippen molar-refractivity contribution in [1.82, 2.24) is 20.8 Å². The molecule has 2 aromatic rings. The topological polar surface area (TPSA) is 79.0 Å². The lowest BCUT2D eigenvalue weighted by Crippen LogP contribution is -2.34. The molecule has 3 rings (SSSR count). The average Bonchev–Trinajstić information content (AvgIpc) is 3.05. The van der Waals surface area contributed by atoms with Crippen LogP contribution in [0, 0.1) is 0 Å². The van der Waals surface area contributed by atoms with Crippen LogP contribution in [0.2, 0.25) is 0 Å². The summed E-state index contributed by atoms with van der Waals surface area (Å²) in [5, 5.41) is 13.6. The van der Waals surface area contributed by atoms with Crippen molar-refractivity contribution < 1.29 is 9.53 Å². The Bertz CT molecular complexity index is 743. The van der Waals surface area contributed by atoms with Crippen molar-refractivity contribution in [3.8, 4) is 5.75 Å². The Morgan fingerprint density at radius 3 is 2.70 bits per heavy atom. The van der Waals surface area contributed by atoms with E-state index in [1.165, 1.54) is 5.56 Å². The van der Waals surface area contributed by atoms with Gasteiger partial charge in [-0.25, -0.2) is 0 Å². The number of benzene rings is 1. The second-order valence-corrected chi connectivity index (χ2v) is 7.18. The monoisotopic (exact) mass is 392 g/mol. The van der Waals surface area contributed by atoms with Gasteiger partial charge in [-0.05, 0) is 51.3 Å². The van der Waals surface area contributed by atoms with E-state index in [2.05, 4.69) is 33.0 Å². The fourth-order valence-corrected chi connectivity index (χ4v) is 3.17. The highest BCUT2D eigenvalue weighted by molar-refractivity contribution is 5.94. The summed E-state index contributed by atoms with van der Waals surface area (Å²) >= 11 is 0. The van der Waals surface area contributed by atoms with Crippen LogP contribution in [0.5, 0.6) is 5.75 Å². The molecule has 1 amide bonds. The first kappa shape index (κ1) is 21.3. The largest absolute Gasteiger partial charge is 0.491 e. The van der Waals surface area contributed by atoms with Gasteiger partial charge in [0.2, 0.25) is 0 Å². The third kappa shape index (κ3) is 5.71. The van der Waals surface area contributed by atoms with E-state index in [-0.39, 0.29) is 30.5 Å². The number of amides is 1. The van der Waals surface area contributed by atoms with Gasteiger partial charge in [-0.2, -0.15) is 5.10 Å². The van der Waals surface area contributed by atoms with Crippen molar-refractivity contribution in [2.24, 2.45) is 0 Å². The summed E-state index contributed by atoms with van der Waals surface area (Å²) in [4.78, 5) is 12.5. The standard InChI is InChI=1S/C20H28N4O2.ClH/c1-13(2)26-16-8-6-15(7-9-16)5-4-14(3)22-20(25)19-17-12-21-11-10-18(17)23-24-19;/h6-9,13-14,21H,4-5,10-12H2,1-3H3,(H,22,25)(H,23,24);1H. The third-order valence-electron chi connectivity index (χ3n) is 4.56. The predicted octanol–water partition coefficient (Wildman–Crippen LogP) is 3.02. The van der Waals surface area contributed by atoms with Crippen LogP contribution in [0.4, 0.5) is 0 Å². The number of carbonyl (C=O) groups excluding carboxylic acids is 1. The number of hydrogen-bond acceptors (Lipinski definition) is 4. The molecule has 0 bridgehead atoms. The number of ether oxygens (including phenoxy) is 1. The quantitative estimate of drug-likeness (QED) is 0.676. The highest BCUT2D eigenvalue weighted by Crippen LogP contribution is 2.17. The van der Waals surface area contributed by atoms with Crippen molar-refractivity contribution in [3.05, 3.63) is 46.8 Å². The molecule has 0 aliphatic carbocycles. The fraction of sp³-hybridized carbons (Fsp3) is 0.500. The van der Waals surface area contributed by atoms with Crippen LogP contribution in [0.1, 0.15) is 54.5 Å². The number of nitrogens with zero attached hydrogens (tertiary/aromatic N) is 1. The van der Waals surface area contributed by atoms with Crippen molar-refractivity contribution in [2.75, 3.05) is 6.54 Å². The minimum absolute atomic E-state index is 0. The van der Waals surface area contributed by atoms with E-state index in [1.54, 1.807) is 0 Å². The summed E-state index contributed by atoms with van der Waals surface area (Å²) < 4.78 is 5.66. The number of halogens is 1. The molecule has 1 unspecified atom stereocenters. The number of carbonyl (C=O) groups is 1. The molecule has 1 aromatic heterocycles. The summed E-state index contributed by atoms with van der Waals surface area (Å²) in [6.45, 7) is 7.70. The Kier molecular flexibility index (Phi) is 7.68. The zero-order chi connectivity index (χ0) is 18.5. The molecule has 148 valence electrons. The molecule has 1 aliphatic rings. The molecular formula is C20H29ClN4O2. The molecule has 27 heavy (non-hydrogen) atoms. The van der Waals surface area contributed by atoms with Crippen LogP contribution in [-0.4, -0.2) is 34.8 Å². The Labute approximate surface area is 166 Å². The SMILES string of the molecule is CC(CCc1ccc(OC(C)C)cc1)NC(=O)c1n[nH]c2c1CNCC2.Cl. The zero-order valence-corrected chi connectivity index (χ0v) is 17.0. The minimum Gasteiger partial charge on any atom is -0.491 e. The first-order valence-electron chi connectivity index (χ1n) is 9.36. The van der Waals surface area contributed by atoms with Crippen LogP contribution < -0.4 is 15.4 Å². The molecule has 0 saturated carbocycles. The summed E-state index contributed by atoms with van der Waals surface area (Å²) in [7, 11) is 0. The second kappa shape index (κ2) is 9.76. The first-order chi connectivity index (χ1) is 12.5. The van der Waals surface area contributed by atoms with Crippen LogP contribution in [-0.2, 0) is 19.4 Å². The van der Waals surface area contributed by atoms with Gasteiger partial charge < -0.3 is 15.4 Å². The van der Waals surface area contributed by atoms with Crippen LogP contribution in [0.25, 0.3) is 0 Å². The highest BCUT2D eigenvalue weighted by atomic mass is 35.5. The van der Waals surface area contributed by atoms with E-state index >= 15 is 0 Å². The van der Waals surface area contributed by atoms with Crippen LogP contribution >= 0.6 is 12.4 Å². The smallest absolute Gasteiger partial charge is 0.272 e. The van der Waals surface area contributed by atoms with Gasteiger partial charge in [-0.1, -0.05) is 12.1 Å². The number of rotatable bonds is 7. The number of aromatic amines is 1. The van der Waals surface area contributed by atoms with Gasteiger partial charge in [0.25, 0.3) is 5.91 Å². The normalized spacial score (nSPS) is 14.2. The Balaban J connectivity index is 0.00000261. The molecule has 1 atom stereocenters. The van der Waals surface area contributed by atoms with Gasteiger partial charge in [-0.15, -0.1) is 12.4 Å². The first-order valence-corrected chi connectivity index (χ1v) is 9.36. The van der Waals surface area contributed by atoms with Crippen molar-refractivity contribution in [2.45, 2.75) is 58.7 Å². The third-order valence-corrected chi connectivity index (χ3v) is 4.56. The van der Waals surface area contributed by atoms with E-state index in [0.717, 1.165) is 42.8 Å². The molecule has 1 aliphatic heterocycles. The Morgan fingerprint density at radius 1 is 1.26 bits per heavy atom. The highest BCUT2D eigenvalue weighted by Gasteiger charge is 2.22. The average molecular weight is 393 g/mol. The van der Waals surface area contributed by atoms with E-state index in [9.17, 15) is 4.79 Å². The Hall–Kier alpha value is -2.05. The number of nitrogens with one attached hydrogen (secondary N) is 3. The summed E-state index contributed by atoms with van der Waals surface area (Å²) in [6, 6.07) is 8.26. The molecule has 7 heteroatoms. The number of aryl methyl sites for hydroxylation is 1. The van der Waals surface area contributed by atoms with Crippen LogP contribution in [0.15, 0.2) is 24.3 Å². The van der Waals surface area contributed by atoms with Gasteiger partial charge in [-0.3, -0.25) is 9.89 Å². The number of hydrogen-bond donors (Lipinski definition) is 3. The van der Waals surface area contributed by atoms with Gasteiger partial charge in [0.15, 0.2) is 5.69 Å². The van der Waals surface area contributed by atoms with Gasteiger partial charge >= 0.3 is 0 Å². The second-order valence-electron chi connectivity index (χ2n) is 7.18. The summed E-state index contributed by atoms with van der Waals surface area (Å²) in [5.74, 6) is 0.793. The van der Waals surface area contributed by atoms with E-state index < -0.39 is 0 Å². The molecule has 3 N–H and O–H groups in total. The zero-order valence-electron chi connectivity index (χ0n) is 16.2. The van der Waals surface area contributed by atoms with Crippen molar-refractivity contribution in [1.29, 1.82) is 0 Å². The van der Waals surface area contributed by atoms with Crippen molar-refractivity contribution in [3.63, 3.8) is 0 Å². The molecule has 1 aromatic carbocycles. The van der Waals surface area contributed by atoms with E-state index in [1.807, 2.05) is 32.9 Å². The Morgan fingerprint density at radius 2 is 2.00 bits per heavy atom. The van der Waals surface area contributed by atoms with Gasteiger partial charge in [0.05, 0.1) is 6.10 Å². The molecule has 0 saturated heterocycles. The molecule has 0 radical (unpaired) electrons. The maximum Gasteiger partial charge on any atom is 0.272 e. The number of fused-ring (bicyclic) bond motifs is 1. The molecule has 0 spiro atoms. The van der Waals surface area contributed by atoms with Crippen LogP contribution in [0.3, 0.4) is 0 Å². The predicted molar refractivity (Wildman–Crippen MR) is 109 cm³/mol. The maximum absolute atomic E-state index is 12.5. The summed E-state index contributed by atoms with van der Waals surface area (Å²) in [6.07, 6.45) is 2.85. The lowest BCUT2D eigenvalue weighted by atomic mass is 10.0. The maximum atomic E-state index is 12.5. The number of aromatic nitrogens is 2. The minimum atomic E-state index is -0.0978. The summed E-state index contributed by atoms with van der Waals surface area (Å²) in [5.41, 5.74) is 3.84.